The first-order chi connectivity index (χ1) is 11.6. The third-order valence-corrected chi connectivity index (χ3v) is 5.17. The molecule has 1 saturated heterocycles. The van der Waals surface area contributed by atoms with Gasteiger partial charge >= 0.3 is 0 Å². The Balaban J connectivity index is 1.62. The second kappa shape index (κ2) is 8.00. The Hall–Kier alpha value is -0.880. The molecule has 1 aromatic carbocycles. The molecule has 0 aromatic heterocycles. The second-order valence-electron chi connectivity index (χ2n) is 6.90. The van der Waals surface area contributed by atoms with E-state index in [1.165, 1.54) is 50.3 Å². The zero-order valence-electron chi connectivity index (χ0n) is 13.8. The maximum absolute atomic E-state index is 13.2. The van der Waals surface area contributed by atoms with Crippen LogP contribution in [0, 0.1) is 5.82 Å². The van der Waals surface area contributed by atoms with Crippen molar-refractivity contribution in [2.75, 3.05) is 32.9 Å². The minimum atomic E-state index is -1.07. The number of benzene rings is 1. The van der Waals surface area contributed by atoms with Crippen molar-refractivity contribution in [3.63, 3.8) is 0 Å². The maximum atomic E-state index is 13.2. The highest BCUT2D eigenvalue weighted by Crippen LogP contribution is 2.26. The summed E-state index contributed by atoms with van der Waals surface area (Å²) in [5.41, 5.74) is -1.07. The van der Waals surface area contributed by atoms with Crippen LogP contribution in [-0.2, 0) is 4.74 Å². The molecular weight excluding hydrogens is 333 g/mol. The molecule has 0 radical (unpaired) electrons. The average molecular weight is 358 g/mol. The Morgan fingerprint density at radius 1 is 1.33 bits per heavy atom. The Labute approximate surface area is 147 Å². The zero-order valence-corrected chi connectivity index (χ0v) is 14.6. The summed E-state index contributed by atoms with van der Waals surface area (Å²) in [4.78, 5) is 2.34. The predicted molar refractivity (Wildman–Crippen MR) is 91.1 cm³/mol. The van der Waals surface area contributed by atoms with E-state index in [0.717, 1.165) is 6.54 Å². The van der Waals surface area contributed by atoms with Crippen LogP contribution >= 0.6 is 11.6 Å². The summed E-state index contributed by atoms with van der Waals surface area (Å²) in [6.45, 7) is 2.34. The van der Waals surface area contributed by atoms with Crippen LogP contribution in [0.25, 0.3) is 0 Å². The van der Waals surface area contributed by atoms with Gasteiger partial charge in [0.2, 0.25) is 0 Å². The molecule has 1 aliphatic carbocycles. The van der Waals surface area contributed by atoms with Crippen LogP contribution in [0.1, 0.15) is 32.1 Å². The van der Waals surface area contributed by atoms with Gasteiger partial charge in [0.15, 0.2) is 0 Å². The highest BCUT2D eigenvalue weighted by molar-refractivity contribution is 6.30. The summed E-state index contributed by atoms with van der Waals surface area (Å²) in [6, 6.07) is 4.73. The molecule has 1 unspecified atom stereocenters. The highest BCUT2D eigenvalue weighted by atomic mass is 35.5. The van der Waals surface area contributed by atoms with Crippen molar-refractivity contribution in [2.45, 2.75) is 43.7 Å². The van der Waals surface area contributed by atoms with Crippen LogP contribution in [0.2, 0.25) is 5.02 Å². The molecule has 0 spiro atoms. The molecule has 1 aliphatic heterocycles. The third kappa shape index (κ3) is 4.60. The average Bonchev–Trinajstić information content (AvgIpc) is 2.79. The molecule has 1 heterocycles. The lowest BCUT2D eigenvalue weighted by molar-refractivity contribution is -0.0681. The minimum Gasteiger partial charge on any atom is -0.490 e. The lowest BCUT2D eigenvalue weighted by atomic mass is 9.93. The molecule has 1 N–H and O–H groups in total. The van der Waals surface area contributed by atoms with Gasteiger partial charge in [-0.2, -0.15) is 0 Å². The third-order valence-electron chi connectivity index (χ3n) is 4.88. The normalized spacial score (nSPS) is 27.0. The van der Waals surface area contributed by atoms with E-state index in [9.17, 15) is 9.50 Å². The van der Waals surface area contributed by atoms with Crippen molar-refractivity contribution in [1.82, 2.24) is 4.90 Å². The molecule has 1 saturated carbocycles. The lowest BCUT2D eigenvalue weighted by Crippen LogP contribution is -2.51. The summed E-state index contributed by atoms with van der Waals surface area (Å²) in [6.07, 6.45) is 6.19. The number of aliphatic hydroxyl groups is 1. The van der Waals surface area contributed by atoms with Crippen molar-refractivity contribution >= 4 is 11.6 Å². The number of hydrogen-bond donors (Lipinski definition) is 1. The van der Waals surface area contributed by atoms with E-state index in [1.807, 2.05) is 0 Å². The standard InChI is InChI=1S/C18H25ClFNO3/c19-16-10-15(6-7-17(16)20)24-13-18(22)11-21(8-9-23-12-18)14-4-2-1-3-5-14/h6-7,10,14,22H,1-5,8-9,11-13H2. The summed E-state index contributed by atoms with van der Waals surface area (Å²) < 4.78 is 24.5. The predicted octanol–water partition coefficient (Wildman–Crippen LogP) is 3.25. The number of nitrogens with zero attached hydrogens (tertiary/aromatic N) is 1. The Morgan fingerprint density at radius 3 is 2.88 bits per heavy atom. The number of β-amino-alcohol motifs (C(OH)–C–C–N with tert-alkyl or cyclic N) is 1. The molecule has 1 atom stereocenters. The fraction of sp³-hybridized carbons (Fsp3) is 0.667. The topological polar surface area (TPSA) is 41.9 Å². The van der Waals surface area contributed by atoms with E-state index < -0.39 is 11.4 Å². The minimum absolute atomic E-state index is 0.0143. The largest absolute Gasteiger partial charge is 0.490 e. The van der Waals surface area contributed by atoms with E-state index in [2.05, 4.69) is 4.90 Å². The van der Waals surface area contributed by atoms with Crippen LogP contribution in [-0.4, -0.2) is 54.6 Å². The second-order valence-corrected chi connectivity index (χ2v) is 7.31. The van der Waals surface area contributed by atoms with Crippen molar-refractivity contribution in [3.05, 3.63) is 29.0 Å². The van der Waals surface area contributed by atoms with Gasteiger partial charge in [0.1, 0.15) is 23.8 Å². The van der Waals surface area contributed by atoms with Crippen LogP contribution in [0.5, 0.6) is 5.75 Å². The van der Waals surface area contributed by atoms with Gasteiger partial charge in [-0.3, -0.25) is 4.90 Å². The summed E-state index contributed by atoms with van der Waals surface area (Å²) in [7, 11) is 0. The van der Waals surface area contributed by atoms with E-state index in [4.69, 9.17) is 21.1 Å². The van der Waals surface area contributed by atoms with Gasteiger partial charge in [-0.15, -0.1) is 0 Å². The fourth-order valence-electron chi connectivity index (χ4n) is 3.58. The van der Waals surface area contributed by atoms with Gasteiger partial charge in [-0.05, 0) is 25.0 Å². The monoisotopic (exact) mass is 357 g/mol. The number of halogens is 2. The van der Waals surface area contributed by atoms with Gasteiger partial charge in [-0.25, -0.2) is 4.39 Å². The maximum Gasteiger partial charge on any atom is 0.142 e. The number of rotatable bonds is 4. The quantitative estimate of drug-likeness (QED) is 0.898. The Morgan fingerprint density at radius 2 is 2.12 bits per heavy atom. The highest BCUT2D eigenvalue weighted by Gasteiger charge is 2.36. The number of hydrogen-bond acceptors (Lipinski definition) is 4. The van der Waals surface area contributed by atoms with E-state index >= 15 is 0 Å². The smallest absolute Gasteiger partial charge is 0.142 e. The molecule has 1 aromatic rings. The van der Waals surface area contributed by atoms with E-state index in [1.54, 1.807) is 0 Å². The molecular formula is C18H25ClFNO3. The van der Waals surface area contributed by atoms with Gasteiger partial charge in [0.05, 0.1) is 18.2 Å². The fourth-order valence-corrected chi connectivity index (χ4v) is 3.75. The molecule has 4 nitrogen and oxygen atoms in total. The van der Waals surface area contributed by atoms with Gasteiger partial charge in [0, 0.05) is 25.2 Å². The summed E-state index contributed by atoms with van der Waals surface area (Å²) in [5.74, 6) is -0.0349. The van der Waals surface area contributed by atoms with E-state index in [-0.39, 0.29) is 18.2 Å². The SMILES string of the molecule is OC1(COc2ccc(F)c(Cl)c2)COCCN(C2CCCCC2)C1. The molecule has 134 valence electrons. The first-order valence-electron chi connectivity index (χ1n) is 8.68. The van der Waals surface area contributed by atoms with Crippen LogP contribution in [0.4, 0.5) is 4.39 Å². The molecule has 24 heavy (non-hydrogen) atoms. The van der Waals surface area contributed by atoms with E-state index in [0.29, 0.717) is 24.9 Å². The summed E-state index contributed by atoms with van der Waals surface area (Å²) in [5, 5.41) is 11.0. The van der Waals surface area contributed by atoms with Crippen molar-refractivity contribution in [3.8, 4) is 5.75 Å². The summed E-state index contributed by atoms with van der Waals surface area (Å²) >= 11 is 5.77. The molecule has 3 rings (SSSR count). The van der Waals surface area contributed by atoms with Gasteiger partial charge in [0.25, 0.3) is 0 Å². The molecule has 0 bridgehead atoms. The van der Waals surface area contributed by atoms with Crippen LogP contribution < -0.4 is 4.74 Å². The molecule has 2 fully saturated rings. The van der Waals surface area contributed by atoms with Crippen molar-refractivity contribution in [2.24, 2.45) is 0 Å². The molecule has 2 aliphatic rings. The number of ether oxygens (including phenoxy) is 2. The molecule has 6 heteroatoms. The zero-order chi connectivity index (χ0) is 17.0. The first-order valence-corrected chi connectivity index (χ1v) is 9.06. The Kier molecular flexibility index (Phi) is 5.98. The van der Waals surface area contributed by atoms with Gasteiger partial charge < -0.3 is 14.6 Å². The molecule has 0 amide bonds. The van der Waals surface area contributed by atoms with Crippen molar-refractivity contribution < 1.29 is 19.0 Å². The van der Waals surface area contributed by atoms with Crippen LogP contribution in [0.3, 0.4) is 0 Å². The van der Waals surface area contributed by atoms with Crippen molar-refractivity contribution in [1.29, 1.82) is 0 Å². The van der Waals surface area contributed by atoms with Crippen LogP contribution in [0.15, 0.2) is 18.2 Å². The first kappa shape index (κ1) is 17.9. The lowest BCUT2D eigenvalue weighted by Gasteiger charge is -2.37. The Bertz CT molecular complexity index is 553. The van der Waals surface area contributed by atoms with Gasteiger partial charge in [-0.1, -0.05) is 30.9 Å².